The molecule has 0 fully saturated rings. The quantitative estimate of drug-likeness (QED) is 0.880. The second-order valence-electron chi connectivity index (χ2n) is 5.46. The molecule has 0 saturated heterocycles. The topological polar surface area (TPSA) is 47.0 Å². The summed E-state index contributed by atoms with van der Waals surface area (Å²) < 4.78 is 9.76. The van der Waals surface area contributed by atoms with Crippen LogP contribution in [0.2, 0.25) is 0 Å². The number of rotatable bonds is 5. The summed E-state index contributed by atoms with van der Waals surface area (Å²) in [5, 5.41) is 7.53. The van der Waals surface area contributed by atoms with Crippen molar-refractivity contribution in [2.24, 2.45) is 0 Å². The van der Waals surface area contributed by atoms with Crippen molar-refractivity contribution in [2.75, 3.05) is 13.7 Å². The second kappa shape index (κ2) is 5.89. The van der Waals surface area contributed by atoms with Crippen molar-refractivity contribution in [1.29, 1.82) is 0 Å². The highest BCUT2D eigenvalue weighted by Crippen LogP contribution is 2.30. The van der Waals surface area contributed by atoms with Gasteiger partial charge >= 0.3 is 0 Å². The van der Waals surface area contributed by atoms with Crippen LogP contribution in [0.15, 0.2) is 0 Å². The Bertz CT molecular complexity index is 344. The number of aromatic nitrogens is 2. The lowest BCUT2D eigenvalue weighted by Gasteiger charge is -2.22. The van der Waals surface area contributed by atoms with Gasteiger partial charge in [-0.2, -0.15) is 0 Å². The van der Waals surface area contributed by atoms with Gasteiger partial charge in [0, 0.05) is 5.41 Å². The molecule has 0 aliphatic rings. The van der Waals surface area contributed by atoms with E-state index in [4.69, 9.17) is 4.74 Å². The van der Waals surface area contributed by atoms with Crippen molar-refractivity contribution >= 4 is 11.5 Å². The zero-order valence-corrected chi connectivity index (χ0v) is 12.4. The minimum Gasteiger partial charge on any atom is -0.377 e. The zero-order valence-electron chi connectivity index (χ0n) is 11.6. The number of hydrogen-bond acceptors (Lipinski definition) is 5. The Morgan fingerprint density at radius 3 is 2.47 bits per heavy atom. The molecule has 0 aliphatic carbocycles. The maximum Gasteiger partial charge on any atom is 0.0857 e. The molecule has 0 radical (unpaired) electrons. The molecule has 1 aromatic rings. The smallest absolute Gasteiger partial charge is 0.0857 e. The molecular formula is C12H23N3OS. The molecule has 98 valence electrons. The molecule has 0 amide bonds. The summed E-state index contributed by atoms with van der Waals surface area (Å²) in [6.45, 7) is 11.2. The molecular weight excluding hydrogens is 234 g/mol. The first-order chi connectivity index (χ1) is 7.86. The Morgan fingerprint density at radius 1 is 1.35 bits per heavy atom. The fourth-order valence-electron chi connectivity index (χ4n) is 1.52. The van der Waals surface area contributed by atoms with Gasteiger partial charge in [-0.3, -0.25) is 0 Å². The van der Waals surface area contributed by atoms with Gasteiger partial charge in [0.15, 0.2) is 0 Å². The number of ether oxygens (including phenoxy) is 1. The van der Waals surface area contributed by atoms with Crippen molar-refractivity contribution in [3.63, 3.8) is 0 Å². The van der Waals surface area contributed by atoms with Crippen molar-refractivity contribution < 1.29 is 4.74 Å². The first-order valence-electron chi connectivity index (χ1n) is 5.97. The summed E-state index contributed by atoms with van der Waals surface area (Å²) in [7, 11) is 1.94. The van der Waals surface area contributed by atoms with Gasteiger partial charge in [-0.25, -0.2) is 0 Å². The normalized spacial score (nSPS) is 14.3. The minimum absolute atomic E-state index is 0.0231. The van der Waals surface area contributed by atoms with Gasteiger partial charge < -0.3 is 10.1 Å². The van der Waals surface area contributed by atoms with E-state index in [2.05, 4.69) is 35.7 Å². The maximum atomic E-state index is 5.67. The minimum atomic E-state index is 0.0231. The Kier molecular flexibility index (Phi) is 5.04. The highest BCUT2D eigenvalue weighted by atomic mass is 32.1. The van der Waals surface area contributed by atoms with Crippen LogP contribution in [0.4, 0.5) is 0 Å². The average Bonchev–Trinajstić information content (AvgIpc) is 2.66. The summed E-state index contributed by atoms with van der Waals surface area (Å²) in [6, 6.07) is 0.173. The predicted octanol–water partition coefficient (Wildman–Crippen LogP) is 2.52. The van der Waals surface area contributed by atoms with Gasteiger partial charge in [0.2, 0.25) is 0 Å². The van der Waals surface area contributed by atoms with Crippen LogP contribution < -0.4 is 5.32 Å². The van der Waals surface area contributed by atoms with Gasteiger partial charge in [-0.15, -0.1) is 5.10 Å². The third-order valence-electron chi connectivity index (χ3n) is 2.48. The Morgan fingerprint density at radius 2 is 2.00 bits per heavy atom. The van der Waals surface area contributed by atoms with E-state index in [-0.39, 0.29) is 17.6 Å². The lowest BCUT2D eigenvalue weighted by Crippen LogP contribution is -2.26. The van der Waals surface area contributed by atoms with Crippen molar-refractivity contribution in [3.8, 4) is 0 Å². The summed E-state index contributed by atoms with van der Waals surface area (Å²) >= 11 is 1.46. The monoisotopic (exact) mass is 257 g/mol. The van der Waals surface area contributed by atoms with E-state index >= 15 is 0 Å². The van der Waals surface area contributed by atoms with E-state index in [1.54, 1.807) is 0 Å². The van der Waals surface area contributed by atoms with Crippen LogP contribution in [0.5, 0.6) is 0 Å². The summed E-state index contributed by atoms with van der Waals surface area (Å²) in [5.41, 5.74) is 1.09. The number of nitrogens with zero attached hydrogens (tertiary/aromatic N) is 2. The van der Waals surface area contributed by atoms with Gasteiger partial charge in [-0.05, 0) is 32.4 Å². The zero-order chi connectivity index (χ0) is 13.1. The third kappa shape index (κ3) is 4.01. The van der Waals surface area contributed by atoms with Crippen molar-refractivity contribution in [1.82, 2.24) is 14.9 Å². The van der Waals surface area contributed by atoms with Gasteiger partial charge in [0.05, 0.1) is 29.3 Å². The van der Waals surface area contributed by atoms with E-state index in [9.17, 15) is 0 Å². The highest BCUT2D eigenvalue weighted by molar-refractivity contribution is 7.05. The molecule has 4 nitrogen and oxygen atoms in total. The van der Waals surface area contributed by atoms with E-state index in [1.165, 1.54) is 16.4 Å². The lowest BCUT2D eigenvalue weighted by molar-refractivity contribution is 0.0629. The van der Waals surface area contributed by atoms with Crippen molar-refractivity contribution in [3.05, 3.63) is 10.6 Å². The molecule has 0 spiro atoms. The molecule has 0 saturated carbocycles. The van der Waals surface area contributed by atoms with E-state index in [0.717, 1.165) is 5.69 Å². The second-order valence-corrected chi connectivity index (χ2v) is 6.24. The van der Waals surface area contributed by atoms with Crippen LogP contribution >= 0.6 is 11.5 Å². The van der Waals surface area contributed by atoms with E-state index in [0.29, 0.717) is 6.61 Å². The predicted molar refractivity (Wildman–Crippen MR) is 71.5 cm³/mol. The fraction of sp³-hybridized carbons (Fsp3) is 0.833. The maximum absolute atomic E-state index is 5.67. The first kappa shape index (κ1) is 14.5. The van der Waals surface area contributed by atoms with Crippen molar-refractivity contribution in [2.45, 2.75) is 52.2 Å². The SMILES string of the molecule is CNC(COC(C)C)c1snnc1C(C)(C)C. The molecule has 0 aliphatic heterocycles. The van der Waals surface area contributed by atoms with Crippen LogP contribution in [0.1, 0.15) is 51.2 Å². The van der Waals surface area contributed by atoms with Crippen LogP contribution in [-0.2, 0) is 10.2 Å². The third-order valence-corrected chi connectivity index (χ3v) is 3.32. The molecule has 0 bridgehead atoms. The molecule has 1 aromatic heterocycles. The van der Waals surface area contributed by atoms with Gasteiger partial charge in [0.25, 0.3) is 0 Å². The largest absolute Gasteiger partial charge is 0.377 e. The first-order valence-corrected chi connectivity index (χ1v) is 6.75. The molecule has 17 heavy (non-hydrogen) atoms. The Labute approximate surface area is 108 Å². The number of nitrogens with one attached hydrogen (secondary N) is 1. The van der Waals surface area contributed by atoms with Crippen LogP contribution in [0.3, 0.4) is 0 Å². The average molecular weight is 257 g/mol. The van der Waals surface area contributed by atoms with E-state index in [1.807, 2.05) is 20.9 Å². The van der Waals surface area contributed by atoms with Gasteiger partial charge in [-0.1, -0.05) is 25.3 Å². The van der Waals surface area contributed by atoms with Crippen LogP contribution in [0, 0.1) is 0 Å². The Balaban J connectivity index is 2.85. The molecule has 0 aromatic carbocycles. The molecule has 1 N–H and O–H groups in total. The molecule has 1 heterocycles. The fourth-order valence-corrected chi connectivity index (χ4v) is 2.48. The summed E-state index contributed by atoms with van der Waals surface area (Å²) in [5.74, 6) is 0. The molecule has 5 heteroatoms. The highest BCUT2D eigenvalue weighted by Gasteiger charge is 2.26. The standard InChI is InChI=1S/C12H23N3OS/c1-8(2)16-7-9(13-6)10-11(12(3,4)5)14-15-17-10/h8-9,13H,7H2,1-6H3. The summed E-state index contributed by atoms with van der Waals surface area (Å²) in [6.07, 6.45) is 0.241. The number of likely N-dealkylation sites (N-methyl/N-ethyl adjacent to an activating group) is 1. The molecule has 1 atom stereocenters. The van der Waals surface area contributed by atoms with Crippen LogP contribution in [0.25, 0.3) is 0 Å². The van der Waals surface area contributed by atoms with Crippen LogP contribution in [-0.4, -0.2) is 29.3 Å². The molecule has 1 rings (SSSR count). The lowest BCUT2D eigenvalue weighted by atomic mass is 9.90. The number of hydrogen-bond donors (Lipinski definition) is 1. The van der Waals surface area contributed by atoms with Gasteiger partial charge in [0.1, 0.15) is 0 Å². The summed E-state index contributed by atoms with van der Waals surface area (Å²) in [4.78, 5) is 1.18. The van der Waals surface area contributed by atoms with E-state index < -0.39 is 0 Å². The molecule has 1 unspecified atom stereocenters. The Hall–Kier alpha value is -0.520.